The van der Waals surface area contributed by atoms with Crippen molar-refractivity contribution >= 4 is 15.9 Å². The van der Waals surface area contributed by atoms with Crippen LogP contribution in [0.5, 0.6) is 0 Å². The first-order valence-corrected chi connectivity index (χ1v) is 6.30. The van der Waals surface area contributed by atoms with Crippen molar-refractivity contribution in [1.29, 1.82) is 0 Å². The molecule has 0 aliphatic carbocycles. The van der Waals surface area contributed by atoms with Crippen molar-refractivity contribution < 1.29 is 4.74 Å². The monoisotopic (exact) mass is 289 g/mol. The fourth-order valence-electron chi connectivity index (χ4n) is 1.63. The maximum atomic E-state index is 6.07. The molecule has 1 rings (SSSR count). The molecule has 0 fully saturated rings. The molecular formula is C11H20BrN3O. The number of hydrogen-bond acceptors (Lipinski definition) is 3. The minimum Gasteiger partial charge on any atom is -0.380 e. The number of halogens is 1. The molecule has 0 aromatic carbocycles. The van der Waals surface area contributed by atoms with Gasteiger partial charge in [0.25, 0.3) is 0 Å². The maximum absolute atomic E-state index is 6.07. The summed E-state index contributed by atoms with van der Waals surface area (Å²) in [4.78, 5) is 0. The molecule has 4 nitrogen and oxygen atoms in total. The average molecular weight is 290 g/mol. The summed E-state index contributed by atoms with van der Waals surface area (Å²) in [7, 11) is 1.68. The highest BCUT2D eigenvalue weighted by atomic mass is 79.9. The third-order valence-corrected chi connectivity index (χ3v) is 3.89. The Kier molecular flexibility index (Phi) is 4.95. The number of aryl methyl sites for hydroxylation is 2. The number of ether oxygens (including phenoxy) is 1. The zero-order valence-corrected chi connectivity index (χ0v) is 11.9. The van der Waals surface area contributed by atoms with E-state index in [1.165, 1.54) is 0 Å². The number of nitrogens with zero attached hydrogens (tertiary/aromatic N) is 2. The minimum atomic E-state index is -0.0114. The molecule has 0 aliphatic rings. The predicted octanol–water partition coefficient (Wildman–Crippen LogP) is 1.88. The molecule has 5 heteroatoms. The fraction of sp³-hybridized carbons (Fsp3) is 0.727. The molecule has 0 radical (unpaired) electrons. The van der Waals surface area contributed by atoms with Crippen LogP contribution in [0.1, 0.15) is 25.2 Å². The van der Waals surface area contributed by atoms with Gasteiger partial charge in [-0.05, 0) is 36.7 Å². The molecule has 1 heterocycles. The van der Waals surface area contributed by atoms with Gasteiger partial charge in [0.1, 0.15) is 0 Å². The number of aromatic nitrogens is 2. The Bertz CT molecular complexity index is 351. The highest BCUT2D eigenvalue weighted by Gasteiger charge is 2.18. The Hall–Kier alpha value is -0.390. The van der Waals surface area contributed by atoms with Crippen molar-refractivity contribution in [2.24, 2.45) is 5.73 Å². The quantitative estimate of drug-likeness (QED) is 0.901. The van der Waals surface area contributed by atoms with Crippen LogP contribution in [0.3, 0.4) is 0 Å². The van der Waals surface area contributed by atoms with E-state index in [9.17, 15) is 0 Å². The molecule has 2 N–H and O–H groups in total. The van der Waals surface area contributed by atoms with Crippen LogP contribution >= 0.6 is 15.9 Å². The van der Waals surface area contributed by atoms with Crippen LogP contribution in [0.4, 0.5) is 0 Å². The van der Waals surface area contributed by atoms with Gasteiger partial charge in [0.15, 0.2) is 0 Å². The first kappa shape index (κ1) is 13.7. The van der Waals surface area contributed by atoms with Gasteiger partial charge >= 0.3 is 0 Å². The SMILES string of the molecule is CCn1nc(C)c(Br)c1CC(N)C(C)OC. The van der Waals surface area contributed by atoms with Gasteiger partial charge in [0.2, 0.25) is 0 Å². The van der Waals surface area contributed by atoms with Crippen molar-refractivity contribution in [1.82, 2.24) is 9.78 Å². The first-order chi connectivity index (χ1) is 7.51. The van der Waals surface area contributed by atoms with Gasteiger partial charge in [0, 0.05) is 26.1 Å². The largest absolute Gasteiger partial charge is 0.380 e. The van der Waals surface area contributed by atoms with Gasteiger partial charge in [-0.25, -0.2) is 0 Å². The van der Waals surface area contributed by atoms with Gasteiger partial charge in [-0.3, -0.25) is 4.68 Å². The third-order valence-electron chi connectivity index (χ3n) is 2.86. The number of hydrogen-bond donors (Lipinski definition) is 1. The lowest BCUT2D eigenvalue weighted by Gasteiger charge is -2.18. The van der Waals surface area contributed by atoms with Crippen molar-refractivity contribution in [3.8, 4) is 0 Å². The molecule has 0 aliphatic heterocycles. The van der Waals surface area contributed by atoms with Crippen LogP contribution in [0.2, 0.25) is 0 Å². The molecule has 1 aromatic rings. The van der Waals surface area contributed by atoms with E-state index in [-0.39, 0.29) is 12.1 Å². The zero-order chi connectivity index (χ0) is 12.3. The molecule has 2 atom stereocenters. The molecule has 0 amide bonds. The molecule has 0 spiro atoms. The van der Waals surface area contributed by atoms with Crippen molar-refractivity contribution in [2.75, 3.05) is 7.11 Å². The van der Waals surface area contributed by atoms with E-state index in [2.05, 4.69) is 28.0 Å². The van der Waals surface area contributed by atoms with Crippen molar-refractivity contribution in [2.45, 2.75) is 45.9 Å². The number of methoxy groups -OCH3 is 1. The number of nitrogens with two attached hydrogens (primary N) is 1. The Morgan fingerprint density at radius 3 is 2.69 bits per heavy atom. The Balaban J connectivity index is 2.87. The summed E-state index contributed by atoms with van der Waals surface area (Å²) in [6, 6.07) is -0.0114. The lowest BCUT2D eigenvalue weighted by molar-refractivity contribution is 0.0949. The molecule has 1 aromatic heterocycles. The molecule has 0 saturated heterocycles. The summed E-state index contributed by atoms with van der Waals surface area (Å²) >= 11 is 3.56. The van der Waals surface area contributed by atoms with E-state index in [0.29, 0.717) is 0 Å². The number of rotatable bonds is 5. The standard InChI is InChI=1S/C11H20BrN3O/c1-5-15-10(11(12)7(2)14-15)6-9(13)8(3)16-4/h8-9H,5-6,13H2,1-4H3. The van der Waals surface area contributed by atoms with E-state index in [1.807, 2.05) is 18.5 Å². The van der Waals surface area contributed by atoms with Gasteiger partial charge in [-0.1, -0.05) is 0 Å². The average Bonchev–Trinajstić information content (AvgIpc) is 2.55. The van der Waals surface area contributed by atoms with Crippen LogP contribution in [-0.4, -0.2) is 29.0 Å². The van der Waals surface area contributed by atoms with Gasteiger partial charge in [0.05, 0.1) is 22.0 Å². The van der Waals surface area contributed by atoms with Crippen LogP contribution in [0.15, 0.2) is 4.47 Å². The molecule has 2 unspecified atom stereocenters. The van der Waals surface area contributed by atoms with Crippen LogP contribution in [0.25, 0.3) is 0 Å². The smallest absolute Gasteiger partial charge is 0.0738 e. The lowest BCUT2D eigenvalue weighted by atomic mass is 10.1. The third kappa shape index (κ3) is 2.84. The summed E-state index contributed by atoms with van der Waals surface area (Å²) in [6.07, 6.45) is 0.817. The topological polar surface area (TPSA) is 53.1 Å². The second-order valence-corrected chi connectivity index (χ2v) is 4.76. The van der Waals surface area contributed by atoms with Crippen LogP contribution in [-0.2, 0) is 17.7 Å². The normalized spacial score (nSPS) is 15.1. The van der Waals surface area contributed by atoms with Crippen LogP contribution < -0.4 is 5.73 Å². The predicted molar refractivity (Wildman–Crippen MR) is 68.5 cm³/mol. The Morgan fingerprint density at radius 1 is 1.56 bits per heavy atom. The van der Waals surface area contributed by atoms with E-state index in [0.717, 1.165) is 28.8 Å². The molecule has 0 bridgehead atoms. The second kappa shape index (κ2) is 5.80. The highest BCUT2D eigenvalue weighted by molar-refractivity contribution is 9.10. The highest BCUT2D eigenvalue weighted by Crippen LogP contribution is 2.22. The summed E-state index contributed by atoms with van der Waals surface area (Å²) in [6.45, 7) is 6.91. The Labute approximate surface area is 105 Å². The lowest BCUT2D eigenvalue weighted by Crippen LogP contribution is -2.36. The van der Waals surface area contributed by atoms with Gasteiger partial charge in [-0.15, -0.1) is 0 Å². The van der Waals surface area contributed by atoms with E-state index < -0.39 is 0 Å². The first-order valence-electron chi connectivity index (χ1n) is 5.51. The molecular weight excluding hydrogens is 270 g/mol. The summed E-state index contributed by atoms with van der Waals surface area (Å²) in [5.41, 5.74) is 8.23. The summed E-state index contributed by atoms with van der Waals surface area (Å²) < 4.78 is 8.29. The minimum absolute atomic E-state index is 0.0114. The summed E-state index contributed by atoms with van der Waals surface area (Å²) in [5, 5.41) is 4.44. The van der Waals surface area contributed by atoms with Crippen molar-refractivity contribution in [3.63, 3.8) is 0 Å². The van der Waals surface area contributed by atoms with E-state index >= 15 is 0 Å². The maximum Gasteiger partial charge on any atom is 0.0738 e. The molecule has 0 saturated carbocycles. The molecule has 92 valence electrons. The zero-order valence-electron chi connectivity index (χ0n) is 10.3. The fourth-order valence-corrected chi connectivity index (χ4v) is 2.07. The second-order valence-electron chi connectivity index (χ2n) is 3.97. The van der Waals surface area contributed by atoms with Gasteiger partial charge < -0.3 is 10.5 Å². The molecule has 16 heavy (non-hydrogen) atoms. The van der Waals surface area contributed by atoms with Gasteiger partial charge in [-0.2, -0.15) is 5.10 Å². The van der Waals surface area contributed by atoms with E-state index in [1.54, 1.807) is 7.11 Å². The Morgan fingerprint density at radius 2 is 2.19 bits per heavy atom. The van der Waals surface area contributed by atoms with Crippen LogP contribution in [0, 0.1) is 6.92 Å². The summed E-state index contributed by atoms with van der Waals surface area (Å²) in [5.74, 6) is 0. The van der Waals surface area contributed by atoms with Crippen molar-refractivity contribution in [3.05, 3.63) is 15.9 Å². The van der Waals surface area contributed by atoms with E-state index in [4.69, 9.17) is 10.5 Å².